The van der Waals surface area contributed by atoms with Crippen LogP contribution in [-0.2, 0) is 11.2 Å². The summed E-state index contributed by atoms with van der Waals surface area (Å²) in [6, 6.07) is 40.0. The lowest BCUT2D eigenvalue weighted by Gasteiger charge is -2.29. The maximum absolute atomic E-state index is 13.2. The number of benzene rings is 4. The highest BCUT2D eigenvalue weighted by atomic mass is 35.5. The Kier molecular flexibility index (Phi) is 9.33. The minimum atomic E-state index is -2.59. The number of halogens is 3. The lowest BCUT2D eigenvalue weighted by atomic mass is 10.1. The van der Waals surface area contributed by atoms with Crippen LogP contribution in [0.4, 0.5) is 0 Å². The molecular weight excluding hydrogens is 504 g/mol. The van der Waals surface area contributed by atoms with Crippen LogP contribution >= 0.6 is 42.9 Å². The molecule has 0 aliphatic carbocycles. The van der Waals surface area contributed by atoms with E-state index >= 15 is 0 Å². The molecule has 0 spiro atoms. The average molecular weight is 528 g/mol. The van der Waals surface area contributed by atoms with Gasteiger partial charge in [0.2, 0.25) is 11.3 Å². The van der Waals surface area contributed by atoms with Gasteiger partial charge >= 0.3 is 0 Å². The number of amides is 1. The van der Waals surface area contributed by atoms with E-state index in [-0.39, 0.29) is 29.2 Å². The standard InChI is InChI=1S/C28H22Cl2NOP.ClH/c29-27(30)28(31-26(32)21-22-13-5-1-6-14-22)33(23-15-7-2-8-16-23,24-17-9-3-10-18-24)25-19-11-4-12-20-25;/h1-20H,21H2;1H/p+1. The summed E-state index contributed by atoms with van der Waals surface area (Å²) in [5.41, 5.74) is 1.46. The SMILES string of the molecule is Cl.O=C(Cc1ccccc1)NC(=C(Cl)Cl)[P+](c1ccccc1)(c1ccccc1)c1ccccc1. The Morgan fingerprint density at radius 1 is 0.618 bits per heavy atom. The van der Waals surface area contributed by atoms with Gasteiger partial charge < -0.3 is 0 Å². The summed E-state index contributed by atoms with van der Waals surface area (Å²) in [6.07, 6.45) is 0.226. The zero-order valence-electron chi connectivity index (χ0n) is 18.3. The minimum absolute atomic E-state index is 0. The quantitative estimate of drug-likeness (QED) is 0.278. The third-order valence-electron chi connectivity index (χ3n) is 5.41. The van der Waals surface area contributed by atoms with Gasteiger partial charge in [0.25, 0.3) is 0 Å². The summed E-state index contributed by atoms with van der Waals surface area (Å²) >= 11 is 13.2. The molecule has 0 aromatic heterocycles. The zero-order valence-corrected chi connectivity index (χ0v) is 21.5. The molecule has 0 unspecified atom stereocenters. The van der Waals surface area contributed by atoms with Gasteiger partial charge in [-0.2, -0.15) is 0 Å². The van der Waals surface area contributed by atoms with Gasteiger partial charge in [0.05, 0.1) is 6.42 Å². The van der Waals surface area contributed by atoms with Crippen molar-refractivity contribution in [2.45, 2.75) is 6.42 Å². The lowest BCUT2D eigenvalue weighted by molar-refractivity contribution is -0.119. The van der Waals surface area contributed by atoms with Gasteiger partial charge in [0.15, 0.2) is 11.8 Å². The summed E-state index contributed by atoms with van der Waals surface area (Å²) in [5, 5.41) is 6.28. The molecule has 0 fully saturated rings. The van der Waals surface area contributed by atoms with Crippen LogP contribution in [0.1, 0.15) is 5.56 Å². The smallest absolute Gasteiger partial charge is 0.231 e. The first-order valence-electron chi connectivity index (χ1n) is 10.6. The fraction of sp³-hybridized carbons (Fsp3) is 0.0357. The van der Waals surface area contributed by atoms with Crippen molar-refractivity contribution in [3.8, 4) is 0 Å². The van der Waals surface area contributed by atoms with Crippen LogP contribution in [-0.4, -0.2) is 5.91 Å². The van der Waals surface area contributed by atoms with E-state index in [4.69, 9.17) is 23.2 Å². The molecule has 4 aromatic rings. The second kappa shape index (κ2) is 12.2. The maximum atomic E-state index is 13.2. The molecule has 0 atom stereocenters. The molecule has 1 N–H and O–H groups in total. The van der Waals surface area contributed by atoms with Gasteiger partial charge in [0, 0.05) is 0 Å². The van der Waals surface area contributed by atoms with Crippen LogP contribution in [0, 0.1) is 0 Å². The van der Waals surface area contributed by atoms with Crippen molar-refractivity contribution in [3.05, 3.63) is 137 Å². The molecule has 34 heavy (non-hydrogen) atoms. The van der Waals surface area contributed by atoms with Gasteiger partial charge in [0.1, 0.15) is 15.9 Å². The second-order valence-electron chi connectivity index (χ2n) is 7.50. The predicted octanol–water partition coefficient (Wildman–Crippen LogP) is 6.37. The first-order valence-corrected chi connectivity index (χ1v) is 13.1. The van der Waals surface area contributed by atoms with Crippen molar-refractivity contribution in [3.63, 3.8) is 0 Å². The van der Waals surface area contributed by atoms with Crippen molar-refractivity contribution in [1.82, 2.24) is 5.32 Å². The van der Waals surface area contributed by atoms with Crippen molar-refractivity contribution >= 4 is 64.7 Å². The summed E-state index contributed by atoms with van der Waals surface area (Å²) < 4.78 is 0.0568. The molecule has 0 aliphatic heterocycles. The Hall–Kier alpha value is -2.61. The van der Waals surface area contributed by atoms with Crippen LogP contribution in [0.5, 0.6) is 0 Å². The molecule has 0 heterocycles. The molecule has 0 bridgehead atoms. The van der Waals surface area contributed by atoms with Gasteiger partial charge in [-0.15, -0.1) is 12.4 Å². The Bertz CT molecular complexity index is 1130. The van der Waals surface area contributed by atoms with Crippen LogP contribution < -0.4 is 21.2 Å². The van der Waals surface area contributed by atoms with E-state index in [0.29, 0.717) is 5.44 Å². The lowest BCUT2D eigenvalue weighted by Crippen LogP contribution is -2.39. The van der Waals surface area contributed by atoms with E-state index in [1.807, 2.05) is 84.9 Å². The Morgan fingerprint density at radius 2 is 0.971 bits per heavy atom. The Morgan fingerprint density at radius 3 is 1.32 bits per heavy atom. The van der Waals surface area contributed by atoms with E-state index in [0.717, 1.165) is 21.5 Å². The topological polar surface area (TPSA) is 29.1 Å². The third kappa shape index (κ3) is 5.54. The minimum Gasteiger partial charge on any atom is -0.294 e. The number of hydrogen-bond acceptors (Lipinski definition) is 1. The van der Waals surface area contributed by atoms with Crippen LogP contribution in [0.2, 0.25) is 0 Å². The van der Waals surface area contributed by atoms with E-state index < -0.39 is 7.26 Å². The van der Waals surface area contributed by atoms with E-state index in [1.165, 1.54) is 0 Å². The van der Waals surface area contributed by atoms with Gasteiger partial charge in [-0.25, -0.2) is 0 Å². The van der Waals surface area contributed by atoms with Crippen molar-refractivity contribution in [2.75, 3.05) is 0 Å². The predicted molar refractivity (Wildman–Crippen MR) is 149 cm³/mol. The van der Waals surface area contributed by atoms with Crippen LogP contribution in [0.15, 0.2) is 131 Å². The molecule has 4 rings (SSSR count). The third-order valence-corrected chi connectivity index (χ3v) is 10.3. The molecule has 0 radical (unpaired) electrons. The number of carbonyl (C=O) groups excluding carboxylic acids is 1. The molecule has 0 saturated heterocycles. The van der Waals surface area contributed by atoms with Gasteiger partial charge in [-0.3, -0.25) is 10.1 Å². The van der Waals surface area contributed by atoms with E-state index in [9.17, 15) is 4.79 Å². The number of carbonyl (C=O) groups is 1. The largest absolute Gasteiger partial charge is 0.294 e. The fourth-order valence-corrected chi connectivity index (χ4v) is 8.93. The molecule has 2 nitrogen and oxygen atoms in total. The van der Waals surface area contributed by atoms with Crippen LogP contribution in [0.25, 0.3) is 0 Å². The highest BCUT2D eigenvalue weighted by molar-refractivity contribution is 7.99. The first-order chi connectivity index (χ1) is 16.1. The molecule has 6 heteroatoms. The van der Waals surface area contributed by atoms with Crippen molar-refractivity contribution in [1.29, 1.82) is 0 Å². The zero-order chi connectivity index (χ0) is 23.1. The van der Waals surface area contributed by atoms with Crippen molar-refractivity contribution < 1.29 is 4.79 Å². The summed E-state index contributed by atoms with van der Waals surface area (Å²) in [5.74, 6) is -0.165. The normalized spacial score (nSPS) is 10.6. The molecule has 0 saturated carbocycles. The van der Waals surface area contributed by atoms with E-state index in [2.05, 4.69) is 41.7 Å². The Labute approximate surface area is 217 Å². The highest BCUT2D eigenvalue weighted by Crippen LogP contribution is 2.63. The van der Waals surface area contributed by atoms with Gasteiger partial charge in [-0.1, -0.05) is 108 Å². The molecule has 172 valence electrons. The summed E-state index contributed by atoms with van der Waals surface area (Å²) in [6.45, 7) is 0. The molecule has 0 aliphatic rings. The first kappa shape index (κ1) is 26.0. The number of hydrogen-bond donors (Lipinski definition) is 1. The molecule has 4 aromatic carbocycles. The molecule has 1 amide bonds. The fourth-order valence-electron chi connectivity index (χ4n) is 4.00. The second-order valence-corrected chi connectivity index (χ2v) is 11.8. The summed E-state index contributed by atoms with van der Waals surface area (Å²) in [4.78, 5) is 13.2. The highest BCUT2D eigenvalue weighted by Gasteiger charge is 2.52. The summed E-state index contributed by atoms with van der Waals surface area (Å²) in [7, 11) is -2.59. The van der Waals surface area contributed by atoms with Gasteiger partial charge in [-0.05, 0) is 42.0 Å². The number of nitrogens with one attached hydrogen (secondary N) is 1. The maximum Gasteiger partial charge on any atom is 0.231 e. The number of rotatable bonds is 7. The Balaban J connectivity index is 0.00000324. The average Bonchev–Trinajstić information content (AvgIpc) is 2.86. The van der Waals surface area contributed by atoms with E-state index in [1.54, 1.807) is 0 Å². The van der Waals surface area contributed by atoms with Crippen LogP contribution in [0.3, 0.4) is 0 Å². The molecular formula is C28H24Cl3NOP+. The van der Waals surface area contributed by atoms with Crippen molar-refractivity contribution in [2.24, 2.45) is 0 Å². The monoisotopic (exact) mass is 526 g/mol.